The second kappa shape index (κ2) is 10.5. The molecule has 0 fully saturated rings. The first-order valence-corrected chi connectivity index (χ1v) is 9.69. The second-order valence-corrected chi connectivity index (χ2v) is 6.88. The van der Waals surface area contributed by atoms with Crippen molar-refractivity contribution >= 4 is 17.6 Å². The maximum Gasteiger partial charge on any atom is 0.311 e. The summed E-state index contributed by atoms with van der Waals surface area (Å²) >= 11 is 0. The van der Waals surface area contributed by atoms with Crippen molar-refractivity contribution in [3.05, 3.63) is 53.6 Å². The summed E-state index contributed by atoms with van der Waals surface area (Å²) < 4.78 is 15.8. The van der Waals surface area contributed by atoms with Crippen molar-refractivity contribution in [3.63, 3.8) is 0 Å². The van der Waals surface area contributed by atoms with Gasteiger partial charge in [-0.1, -0.05) is 38.1 Å². The quantitative estimate of drug-likeness (QED) is 0.635. The number of amides is 1. The zero-order valence-electron chi connectivity index (χ0n) is 17.7. The predicted molar refractivity (Wildman–Crippen MR) is 113 cm³/mol. The second-order valence-electron chi connectivity index (χ2n) is 6.88. The van der Waals surface area contributed by atoms with E-state index in [4.69, 9.17) is 14.2 Å². The van der Waals surface area contributed by atoms with Gasteiger partial charge in [-0.2, -0.15) is 0 Å². The van der Waals surface area contributed by atoms with Crippen LogP contribution in [0.25, 0.3) is 0 Å². The van der Waals surface area contributed by atoms with Gasteiger partial charge in [0.1, 0.15) is 0 Å². The van der Waals surface area contributed by atoms with Crippen molar-refractivity contribution in [3.8, 4) is 11.5 Å². The zero-order chi connectivity index (χ0) is 21.4. The number of benzene rings is 2. The van der Waals surface area contributed by atoms with E-state index in [0.717, 1.165) is 17.7 Å². The number of esters is 1. The van der Waals surface area contributed by atoms with Gasteiger partial charge in [0.2, 0.25) is 0 Å². The van der Waals surface area contributed by atoms with E-state index in [1.54, 1.807) is 32.2 Å². The largest absolute Gasteiger partial charge is 0.493 e. The van der Waals surface area contributed by atoms with E-state index in [1.807, 2.05) is 24.3 Å². The highest BCUT2D eigenvalue weighted by Crippen LogP contribution is 2.28. The number of nitrogens with one attached hydrogen (secondary N) is 1. The molecular weight excluding hydrogens is 370 g/mol. The van der Waals surface area contributed by atoms with E-state index in [2.05, 4.69) is 19.2 Å². The predicted octanol–water partition coefficient (Wildman–Crippen LogP) is 4.33. The minimum absolute atomic E-state index is 0.0292. The first-order valence-electron chi connectivity index (χ1n) is 9.69. The summed E-state index contributed by atoms with van der Waals surface area (Å²) in [6.45, 7) is 5.77. The van der Waals surface area contributed by atoms with Gasteiger partial charge in [0, 0.05) is 5.69 Å². The molecule has 0 saturated carbocycles. The minimum atomic E-state index is -0.910. The highest BCUT2D eigenvalue weighted by atomic mass is 16.5. The Hall–Kier alpha value is -3.02. The number of rotatable bonds is 9. The Labute approximate surface area is 172 Å². The number of carbonyl (C=O) groups is 2. The molecule has 2 atom stereocenters. The summed E-state index contributed by atoms with van der Waals surface area (Å²) in [6, 6.07) is 12.9. The van der Waals surface area contributed by atoms with Gasteiger partial charge in [0.25, 0.3) is 5.91 Å². The van der Waals surface area contributed by atoms with E-state index in [-0.39, 0.29) is 12.3 Å². The van der Waals surface area contributed by atoms with E-state index in [1.165, 1.54) is 7.11 Å². The van der Waals surface area contributed by atoms with Gasteiger partial charge in [-0.05, 0) is 48.6 Å². The fourth-order valence-corrected chi connectivity index (χ4v) is 2.94. The number of anilines is 1. The standard InChI is InChI=1S/C23H29NO5/c1-6-15(2)18-9-7-8-10-19(18)24-23(26)16(3)29-22(25)14-17-11-12-20(27-4)21(13-17)28-5/h7-13,15-16H,6,14H2,1-5H3,(H,24,26)/t15-,16-/m1/s1. The van der Waals surface area contributed by atoms with E-state index in [0.29, 0.717) is 23.0 Å². The molecule has 0 radical (unpaired) electrons. The first-order chi connectivity index (χ1) is 13.9. The van der Waals surface area contributed by atoms with Crippen LogP contribution in [0.1, 0.15) is 44.2 Å². The molecule has 0 aromatic heterocycles. The number of ether oxygens (including phenoxy) is 3. The molecule has 0 spiro atoms. The Morgan fingerprint density at radius 1 is 1.00 bits per heavy atom. The van der Waals surface area contributed by atoms with Crippen molar-refractivity contribution in [1.29, 1.82) is 0 Å². The first kappa shape index (κ1) is 22.3. The summed E-state index contributed by atoms with van der Waals surface area (Å²) in [6.07, 6.45) is 0.0807. The van der Waals surface area contributed by atoms with E-state index >= 15 is 0 Å². The average molecular weight is 399 g/mol. The summed E-state index contributed by atoms with van der Waals surface area (Å²) in [5.41, 5.74) is 2.52. The summed E-state index contributed by atoms with van der Waals surface area (Å²) in [5.74, 6) is 0.577. The Morgan fingerprint density at radius 3 is 2.34 bits per heavy atom. The molecule has 1 amide bonds. The van der Waals surface area contributed by atoms with Crippen molar-refractivity contribution in [2.24, 2.45) is 0 Å². The molecule has 2 aromatic rings. The Bertz CT molecular complexity index is 849. The van der Waals surface area contributed by atoms with E-state index < -0.39 is 12.1 Å². The molecule has 6 nitrogen and oxygen atoms in total. The maximum atomic E-state index is 12.5. The van der Waals surface area contributed by atoms with Crippen molar-refractivity contribution in [2.75, 3.05) is 19.5 Å². The maximum absolute atomic E-state index is 12.5. The Balaban J connectivity index is 1.99. The molecule has 0 aliphatic rings. The summed E-state index contributed by atoms with van der Waals surface area (Å²) in [4.78, 5) is 24.8. The van der Waals surface area contributed by atoms with Crippen LogP contribution >= 0.6 is 0 Å². The lowest BCUT2D eigenvalue weighted by atomic mass is 9.97. The normalized spacial score (nSPS) is 12.6. The van der Waals surface area contributed by atoms with Crippen LogP contribution in [0.2, 0.25) is 0 Å². The summed E-state index contributed by atoms with van der Waals surface area (Å²) in [5, 5.41) is 2.88. The number of hydrogen-bond acceptors (Lipinski definition) is 5. The SMILES string of the molecule is CC[C@@H](C)c1ccccc1NC(=O)[C@@H](C)OC(=O)Cc1ccc(OC)c(OC)c1. The lowest BCUT2D eigenvalue weighted by molar-refractivity contribution is -0.152. The highest BCUT2D eigenvalue weighted by molar-refractivity contribution is 5.95. The molecule has 0 aliphatic carbocycles. The average Bonchev–Trinajstić information content (AvgIpc) is 2.73. The van der Waals surface area contributed by atoms with Gasteiger partial charge >= 0.3 is 5.97 Å². The number of para-hydroxylation sites is 1. The minimum Gasteiger partial charge on any atom is -0.493 e. The van der Waals surface area contributed by atoms with Crippen LogP contribution in [0.15, 0.2) is 42.5 Å². The fourth-order valence-electron chi connectivity index (χ4n) is 2.94. The van der Waals surface area contributed by atoms with Crippen LogP contribution in [-0.4, -0.2) is 32.2 Å². The van der Waals surface area contributed by atoms with Gasteiger partial charge in [0.15, 0.2) is 17.6 Å². The van der Waals surface area contributed by atoms with Gasteiger partial charge in [-0.25, -0.2) is 0 Å². The molecule has 29 heavy (non-hydrogen) atoms. The topological polar surface area (TPSA) is 73.9 Å². The number of carbonyl (C=O) groups excluding carboxylic acids is 2. The molecule has 2 aromatic carbocycles. The van der Waals surface area contributed by atoms with Crippen molar-refractivity contribution < 1.29 is 23.8 Å². The van der Waals surface area contributed by atoms with Crippen LogP contribution in [-0.2, 0) is 20.7 Å². The van der Waals surface area contributed by atoms with E-state index in [9.17, 15) is 9.59 Å². The molecule has 156 valence electrons. The molecule has 0 heterocycles. The Kier molecular flexibility index (Phi) is 8.07. The zero-order valence-corrected chi connectivity index (χ0v) is 17.7. The lowest BCUT2D eigenvalue weighted by Crippen LogP contribution is -2.30. The molecule has 0 saturated heterocycles. The van der Waals surface area contributed by atoms with Crippen LogP contribution in [0.4, 0.5) is 5.69 Å². The van der Waals surface area contributed by atoms with Crippen LogP contribution in [0.3, 0.4) is 0 Å². The monoisotopic (exact) mass is 399 g/mol. The highest BCUT2D eigenvalue weighted by Gasteiger charge is 2.20. The van der Waals surface area contributed by atoms with Gasteiger partial charge < -0.3 is 19.5 Å². The van der Waals surface area contributed by atoms with Gasteiger partial charge in [-0.15, -0.1) is 0 Å². The molecule has 6 heteroatoms. The third-order valence-corrected chi connectivity index (χ3v) is 4.84. The Morgan fingerprint density at radius 2 is 1.69 bits per heavy atom. The molecular formula is C23H29NO5. The van der Waals surface area contributed by atoms with Crippen molar-refractivity contribution in [1.82, 2.24) is 0 Å². The third-order valence-electron chi connectivity index (χ3n) is 4.84. The molecule has 2 rings (SSSR count). The summed E-state index contributed by atoms with van der Waals surface area (Å²) in [7, 11) is 3.08. The molecule has 0 unspecified atom stereocenters. The van der Waals surface area contributed by atoms with Gasteiger partial charge in [0.05, 0.1) is 20.6 Å². The third kappa shape index (κ3) is 5.98. The van der Waals surface area contributed by atoms with Crippen LogP contribution < -0.4 is 14.8 Å². The molecule has 0 aliphatic heterocycles. The van der Waals surface area contributed by atoms with Crippen molar-refractivity contribution in [2.45, 2.75) is 45.6 Å². The molecule has 1 N–H and O–H groups in total. The number of methoxy groups -OCH3 is 2. The smallest absolute Gasteiger partial charge is 0.311 e. The van der Waals surface area contributed by atoms with Crippen LogP contribution in [0, 0.1) is 0 Å². The number of hydrogen-bond donors (Lipinski definition) is 1. The lowest BCUT2D eigenvalue weighted by Gasteiger charge is -2.18. The van der Waals surface area contributed by atoms with Gasteiger partial charge in [-0.3, -0.25) is 9.59 Å². The molecule has 0 bridgehead atoms. The van der Waals surface area contributed by atoms with Crippen LogP contribution in [0.5, 0.6) is 11.5 Å². The fraction of sp³-hybridized carbons (Fsp3) is 0.391.